The van der Waals surface area contributed by atoms with Crippen LogP contribution in [0.1, 0.15) is 46.8 Å². The monoisotopic (exact) mass is 569 g/mol. The standard InChI is InChI=1S/C27H22Cl3N5O3/c28-20-9-6-15(11-21(20)29)14-32-27(38)35-23(16-3-1-4-16)13-22(34-35)18-8-7-17(12-24(18)36)33-26(37)19-5-2-10-31-25(19)30/h2,5-13,16,36H,1,3-4,14H2,(H,32,38)(H,33,37). The van der Waals surface area contributed by atoms with Crippen LogP contribution in [0.2, 0.25) is 15.2 Å². The summed E-state index contributed by atoms with van der Waals surface area (Å²) in [4.78, 5) is 29.6. The van der Waals surface area contributed by atoms with Crippen LogP contribution < -0.4 is 10.6 Å². The summed E-state index contributed by atoms with van der Waals surface area (Å²) >= 11 is 18.1. The van der Waals surface area contributed by atoms with Gasteiger partial charge >= 0.3 is 6.03 Å². The molecule has 2 aromatic heterocycles. The van der Waals surface area contributed by atoms with Crippen molar-refractivity contribution in [3.8, 4) is 17.0 Å². The van der Waals surface area contributed by atoms with Crippen molar-refractivity contribution < 1.29 is 14.7 Å². The Morgan fingerprint density at radius 3 is 2.53 bits per heavy atom. The molecule has 0 atom stereocenters. The number of aromatic hydroxyl groups is 1. The molecular formula is C27H22Cl3N5O3. The molecular weight excluding hydrogens is 549 g/mol. The average molecular weight is 571 g/mol. The summed E-state index contributed by atoms with van der Waals surface area (Å²) in [6.45, 7) is 0.246. The molecule has 3 N–H and O–H groups in total. The van der Waals surface area contributed by atoms with E-state index in [1.807, 2.05) is 6.07 Å². The lowest BCUT2D eigenvalue weighted by Crippen LogP contribution is -2.31. The van der Waals surface area contributed by atoms with E-state index in [4.69, 9.17) is 34.8 Å². The Balaban J connectivity index is 1.36. The minimum atomic E-state index is -0.453. The van der Waals surface area contributed by atoms with Crippen LogP contribution in [0.4, 0.5) is 10.5 Å². The molecule has 0 bridgehead atoms. The van der Waals surface area contributed by atoms with E-state index in [1.165, 1.54) is 16.9 Å². The van der Waals surface area contributed by atoms with Crippen molar-refractivity contribution in [3.63, 3.8) is 0 Å². The Morgan fingerprint density at radius 1 is 1.03 bits per heavy atom. The molecule has 0 spiro atoms. The SMILES string of the molecule is O=C(Nc1ccc(-c2cc(C3CCC3)n(C(=O)NCc3ccc(Cl)c(Cl)c3)n2)c(O)c1)c1cccnc1Cl. The third kappa shape index (κ3) is 5.48. The highest BCUT2D eigenvalue weighted by molar-refractivity contribution is 6.42. The molecule has 0 unspecified atom stereocenters. The van der Waals surface area contributed by atoms with Gasteiger partial charge in [0.05, 0.1) is 27.0 Å². The summed E-state index contributed by atoms with van der Waals surface area (Å²) in [5.74, 6) is -0.344. The molecule has 2 amide bonds. The van der Waals surface area contributed by atoms with Gasteiger partial charge in [-0.15, -0.1) is 0 Å². The molecule has 0 radical (unpaired) electrons. The van der Waals surface area contributed by atoms with Crippen LogP contribution in [-0.4, -0.2) is 31.8 Å². The van der Waals surface area contributed by atoms with E-state index in [0.29, 0.717) is 27.0 Å². The smallest absolute Gasteiger partial charge is 0.342 e. The number of pyridine rings is 1. The van der Waals surface area contributed by atoms with Gasteiger partial charge in [-0.05, 0) is 60.9 Å². The molecule has 4 aromatic rings. The number of carbonyl (C=O) groups is 2. The molecule has 194 valence electrons. The maximum absolute atomic E-state index is 13.1. The molecule has 2 aromatic carbocycles. The molecule has 1 aliphatic rings. The lowest BCUT2D eigenvalue weighted by atomic mass is 9.82. The first kappa shape index (κ1) is 26.0. The number of phenolic OH excluding ortho intramolecular Hbond substituents is 1. The molecule has 2 heterocycles. The summed E-state index contributed by atoms with van der Waals surface area (Å²) in [7, 11) is 0. The maximum atomic E-state index is 13.1. The van der Waals surface area contributed by atoms with Gasteiger partial charge in [-0.25, -0.2) is 9.78 Å². The topological polar surface area (TPSA) is 109 Å². The highest BCUT2D eigenvalue weighted by Crippen LogP contribution is 2.39. The van der Waals surface area contributed by atoms with E-state index >= 15 is 0 Å². The highest BCUT2D eigenvalue weighted by Gasteiger charge is 2.27. The zero-order valence-electron chi connectivity index (χ0n) is 19.9. The Hall–Kier alpha value is -3.59. The van der Waals surface area contributed by atoms with Gasteiger partial charge < -0.3 is 15.7 Å². The number of amides is 2. The van der Waals surface area contributed by atoms with Gasteiger partial charge in [0.2, 0.25) is 0 Å². The molecule has 1 fully saturated rings. The highest BCUT2D eigenvalue weighted by atomic mass is 35.5. The van der Waals surface area contributed by atoms with Crippen molar-refractivity contribution in [1.29, 1.82) is 0 Å². The number of halogens is 3. The number of aromatic nitrogens is 3. The maximum Gasteiger partial charge on any atom is 0.342 e. The lowest BCUT2D eigenvalue weighted by molar-refractivity contribution is 0.102. The van der Waals surface area contributed by atoms with Crippen LogP contribution in [-0.2, 0) is 6.54 Å². The Morgan fingerprint density at radius 2 is 1.84 bits per heavy atom. The first-order valence-electron chi connectivity index (χ1n) is 11.9. The zero-order valence-corrected chi connectivity index (χ0v) is 22.2. The van der Waals surface area contributed by atoms with Gasteiger partial charge in [-0.3, -0.25) is 4.79 Å². The summed E-state index contributed by atoms with van der Waals surface area (Å²) < 4.78 is 1.36. The number of carbonyl (C=O) groups excluding carboxylic acids is 2. The quantitative estimate of drug-likeness (QED) is 0.219. The third-order valence-electron chi connectivity index (χ3n) is 6.42. The Bertz CT molecular complexity index is 1530. The molecule has 8 nitrogen and oxygen atoms in total. The molecule has 11 heteroatoms. The van der Waals surface area contributed by atoms with Crippen LogP contribution in [0.5, 0.6) is 5.75 Å². The average Bonchev–Trinajstić information content (AvgIpc) is 3.28. The molecule has 1 aliphatic carbocycles. The molecule has 5 rings (SSSR count). The van der Waals surface area contributed by atoms with Crippen LogP contribution in [0.15, 0.2) is 60.8 Å². The van der Waals surface area contributed by atoms with Gasteiger partial charge in [0.15, 0.2) is 0 Å². The van der Waals surface area contributed by atoms with E-state index in [-0.39, 0.29) is 35.0 Å². The van der Waals surface area contributed by atoms with Crippen LogP contribution in [0.3, 0.4) is 0 Å². The lowest BCUT2D eigenvalue weighted by Gasteiger charge is -2.25. The fourth-order valence-corrected chi connectivity index (χ4v) is 4.69. The van der Waals surface area contributed by atoms with Gasteiger partial charge in [-0.2, -0.15) is 9.78 Å². The first-order valence-corrected chi connectivity index (χ1v) is 13.0. The first-order chi connectivity index (χ1) is 18.3. The second kappa shape index (κ2) is 11.0. The predicted molar refractivity (Wildman–Crippen MR) is 147 cm³/mol. The summed E-state index contributed by atoms with van der Waals surface area (Å²) in [5, 5.41) is 21.8. The summed E-state index contributed by atoms with van der Waals surface area (Å²) in [6.07, 6.45) is 4.49. The van der Waals surface area contributed by atoms with Crippen molar-refractivity contribution in [3.05, 3.63) is 92.8 Å². The fraction of sp³-hybridized carbons (Fsp3) is 0.185. The fourth-order valence-electron chi connectivity index (χ4n) is 4.17. The predicted octanol–water partition coefficient (Wildman–Crippen LogP) is 6.89. The number of nitrogens with one attached hydrogen (secondary N) is 2. The van der Waals surface area contributed by atoms with E-state index in [9.17, 15) is 14.7 Å². The number of hydrogen-bond acceptors (Lipinski definition) is 5. The van der Waals surface area contributed by atoms with Crippen LogP contribution in [0, 0.1) is 0 Å². The van der Waals surface area contributed by atoms with E-state index in [0.717, 1.165) is 30.5 Å². The van der Waals surface area contributed by atoms with Crippen molar-refractivity contribution in [1.82, 2.24) is 20.1 Å². The number of anilines is 1. The number of nitrogens with zero attached hydrogens (tertiary/aromatic N) is 3. The Kier molecular flexibility index (Phi) is 7.56. The molecule has 1 saturated carbocycles. The summed E-state index contributed by atoms with van der Waals surface area (Å²) in [5.41, 5.74) is 3.04. The second-order valence-electron chi connectivity index (χ2n) is 8.93. The van der Waals surface area contributed by atoms with Gasteiger partial charge in [0, 0.05) is 36.0 Å². The Labute approximate surface area is 233 Å². The minimum absolute atomic E-state index is 0.0809. The molecule has 0 saturated heterocycles. The van der Waals surface area contributed by atoms with Crippen LogP contribution >= 0.6 is 34.8 Å². The number of benzene rings is 2. The van der Waals surface area contributed by atoms with E-state index < -0.39 is 5.91 Å². The second-order valence-corrected chi connectivity index (χ2v) is 10.1. The number of hydrogen-bond donors (Lipinski definition) is 3. The largest absolute Gasteiger partial charge is 0.507 e. The van der Waals surface area contributed by atoms with E-state index in [1.54, 1.807) is 42.5 Å². The number of rotatable bonds is 6. The van der Waals surface area contributed by atoms with Gasteiger partial charge in [0.25, 0.3) is 5.91 Å². The van der Waals surface area contributed by atoms with Crippen molar-refractivity contribution in [2.75, 3.05) is 5.32 Å². The zero-order chi connectivity index (χ0) is 26.8. The van der Waals surface area contributed by atoms with Crippen molar-refractivity contribution in [2.45, 2.75) is 31.7 Å². The normalized spacial score (nSPS) is 13.1. The van der Waals surface area contributed by atoms with Gasteiger partial charge in [0.1, 0.15) is 10.9 Å². The van der Waals surface area contributed by atoms with Gasteiger partial charge in [-0.1, -0.05) is 47.3 Å². The molecule has 38 heavy (non-hydrogen) atoms. The number of phenols is 1. The third-order valence-corrected chi connectivity index (χ3v) is 7.46. The van der Waals surface area contributed by atoms with Crippen LogP contribution in [0.25, 0.3) is 11.3 Å². The van der Waals surface area contributed by atoms with Crippen molar-refractivity contribution in [2.24, 2.45) is 0 Å². The van der Waals surface area contributed by atoms with E-state index in [2.05, 4.69) is 20.7 Å². The van der Waals surface area contributed by atoms with Crippen molar-refractivity contribution >= 4 is 52.4 Å². The minimum Gasteiger partial charge on any atom is -0.507 e. The molecule has 0 aliphatic heterocycles. The summed E-state index contributed by atoms with van der Waals surface area (Å²) in [6, 6.07) is 14.5.